The quantitative estimate of drug-likeness (QED) is 0.676. The van der Waals surface area contributed by atoms with Crippen LogP contribution in [-0.2, 0) is 4.74 Å². The highest BCUT2D eigenvalue weighted by molar-refractivity contribution is 6.47. The van der Waals surface area contributed by atoms with E-state index >= 15 is 0 Å². The fourth-order valence-corrected chi connectivity index (χ4v) is 1.38. The molecule has 1 unspecified atom stereocenters. The maximum Gasteiger partial charge on any atom is 0.480 e. The van der Waals surface area contributed by atoms with E-state index in [1.54, 1.807) is 11.0 Å². The van der Waals surface area contributed by atoms with Gasteiger partial charge in [-0.25, -0.2) is 4.79 Å². The molecule has 0 aromatic carbocycles. The number of rotatable bonds is 2. The molecule has 90 valence electrons. The Morgan fingerprint density at radius 3 is 2.50 bits per heavy atom. The Morgan fingerprint density at radius 1 is 1.50 bits per heavy atom. The summed E-state index contributed by atoms with van der Waals surface area (Å²) in [6.45, 7) is 6.08. The minimum atomic E-state index is -1.47. The van der Waals surface area contributed by atoms with Crippen LogP contribution in [0.15, 0.2) is 12.1 Å². The zero-order valence-electron chi connectivity index (χ0n) is 9.88. The lowest BCUT2D eigenvalue weighted by molar-refractivity contribution is 0.00279. The summed E-state index contributed by atoms with van der Waals surface area (Å²) in [7, 11) is -1.47. The molecular formula is C10H18BNO4. The molecular weight excluding hydrogens is 209 g/mol. The highest BCUT2D eigenvalue weighted by atomic mass is 16.6. The van der Waals surface area contributed by atoms with Crippen LogP contribution >= 0.6 is 0 Å². The van der Waals surface area contributed by atoms with Crippen LogP contribution in [0.4, 0.5) is 4.79 Å². The zero-order chi connectivity index (χ0) is 12.3. The van der Waals surface area contributed by atoms with Crippen LogP contribution < -0.4 is 0 Å². The molecule has 0 radical (unpaired) electrons. The van der Waals surface area contributed by atoms with E-state index in [9.17, 15) is 4.79 Å². The molecule has 16 heavy (non-hydrogen) atoms. The average molecular weight is 227 g/mol. The lowest BCUT2D eigenvalue weighted by Gasteiger charge is -2.39. The molecule has 1 saturated heterocycles. The molecule has 1 rings (SSSR count). The number of likely N-dealkylation sites (tertiary alicyclic amines) is 1. The van der Waals surface area contributed by atoms with Gasteiger partial charge in [0.05, 0.1) is 6.04 Å². The van der Waals surface area contributed by atoms with Crippen LogP contribution in [0.3, 0.4) is 0 Å². The fraction of sp³-hybridized carbons (Fsp3) is 0.700. The molecule has 6 heteroatoms. The molecule has 1 amide bonds. The first-order valence-corrected chi connectivity index (χ1v) is 5.34. The van der Waals surface area contributed by atoms with Gasteiger partial charge in [0.15, 0.2) is 0 Å². The highest BCUT2D eigenvalue weighted by Gasteiger charge is 2.33. The number of hydrogen-bond donors (Lipinski definition) is 2. The second kappa shape index (κ2) is 4.89. The van der Waals surface area contributed by atoms with E-state index in [4.69, 9.17) is 14.8 Å². The Labute approximate surface area is 95.8 Å². The molecule has 0 aliphatic carbocycles. The van der Waals surface area contributed by atoms with Gasteiger partial charge in [-0.3, -0.25) is 0 Å². The fourth-order valence-electron chi connectivity index (χ4n) is 1.38. The summed E-state index contributed by atoms with van der Waals surface area (Å²) >= 11 is 0. The monoisotopic (exact) mass is 227 g/mol. The summed E-state index contributed by atoms with van der Waals surface area (Å²) in [6, 6.07) is -0.0864. The van der Waals surface area contributed by atoms with E-state index in [2.05, 4.69) is 0 Å². The van der Waals surface area contributed by atoms with Gasteiger partial charge >= 0.3 is 13.2 Å². The molecule has 0 spiro atoms. The van der Waals surface area contributed by atoms with Crippen molar-refractivity contribution in [3.63, 3.8) is 0 Å². The number of ether oxygens (including phenoxy) is 1. The first-order chi connectivity index (χ1) is 7.29. The Morgan fingerprint density at radius 2 is 2.12 bits per heavy atom. The molecule has 2 N–H and O–H groups in total. The molecule has 0 saturated carbocycles. The summed E-state index contributed by atoms with van der Waals surface area (Å²) in [5, 5.41) is 17.3. The van der Waals surface area contributed by atoms with Crippen molar-refractivity contribution in [3.8, 4) is 0 Å². The summed E-state index contributed by atoms with van der Waals surface area (Å²) in [4.78, 5) is 13.2. The summed E-state index contributed by atoms with van der Waals surface area (Å²) in [6.07, 6.45) is 2.07. The minimum Gasteiger partial charge on any atom is -0.444 e. The first-order valence-electron chi connectivity index (χ1n) is 5.34. The van der Waals surface area contributed by atoms with Gasteiger partial charge in [0.1, 0.15) is 5.60 Å². The molecule has 1 fully saturated rings. The number of hydrogen-bond acceptors (Lipinski definition) is 4. The standard InChI is InChI=1S/C10H18BNO4/c1-10(2,3)16-9(13)12-7-5-8(12)4-6-11(14)15/h4,6,8,14-15H,5,7H2,1-3H3/b6-4+. The van der Waals surface area contributed by atoms with E-state index in [1.165, 1.54) is 5.98 Å². The molecule has 1 heterocycles. The number of nitrogens with zero attached hydrogens (tertiary/aromatic N) is 1. The second-order valence-electron chi connectivity index (χ2n) is 4.83. The van der Waals surface area contributed by atoms with Gasteiger partial charge in [-0.15, -0.1) is 0 Å². The van der Waals surface area contributed by atoms with E-state index in [0.717, 1.165) is 6.42 Å². The van der Waals surface area contributed by atoms with Crippen molar-refractivity contribution in [2.75, 3.05) is 6.54 Å². The number of carbonyl (C=O) groups is 1. The Hall–Kier alpha value is -1.01. The van der Waals surface area contributed by atoms with Crippen molar-refractivity contribution in [3.05, 3.63) is 12.1 Å². The van der Waals surface area contributed by atoms with Gasteiger partial charge < -0.3 is 19.7 Å². The highest BCUT2D eigenvalue weighted by Crippen LogP contribution is 2.21. The molecule has 5 nitrogen and oxygen atoms in total. The third kappa shape index (κ3) is 3.86. The van der Waals surface area contributed by atoms with Crippen molar-refractivity contribution in [2.45, 2.75) is 38.8 Å². The Balaban J connectivity index is 2.46. The van der Waals surface area contributed by atoms with E-state index in [-0.39, 0.29) is 12.1 Å². The maximum atomic E-state index is 11.6. The van der Waals surface area contributed by atoms with E-state index < -0.39 is 12.7 Å². The number of carbonyl (C=O) groups excluding carboxylic acids is 1. The van der Waals surface area contributed by atoms with Crippen molar-refractivity contribution in [1.82, 2.24) is 4.90 Å². The van der Waals surface area contributed by atoms with Gasteiger partial charge in [0.25, 0.3) is 0 Å². The predicted molar refractivity (Wildman–Crippen MR) is 60.7 cm³/mol. The molecule has 0 bridgehead atoms. The van der Waals surface area contributed by atoms with Gasteiger partial charge in [0.2, 0.25) is 0 Å². The van der Waals surface area contributed by atoms with Crippen LogP contribution in [0, 0.1) is 0 Å². The zero-order valence-corrected chi connectivity index (χ0v) is 9.88. The summed E-state index contributed by atoms with van der Waals surface area (Å²) in [5.41, 5.74) is -0.503. The average Bonchev–Trinajstić information content (AvgIpc) is 1.96. The van der Waals surface area contributed by atoms with Crippen LogP contribution in [0.25, 0.3) is 0 Å². The second-order valence-corrected chi connectivity index (χ2v) is 4.83. The predicted octanol–water partition coefficient (Wildman–Crippen LogP) is 0.564. The largest absolute Gasteiger partial charge is 0.480 e. The lowest BCUT2D eigenvalue weighted by atomic mass is 9.89. The van der Waals surface area contributed by atoms with Crippen molar-refractivity contribution >= 4 is 13.2 Å². The normalized spacial score (nSPS) is 20.8. The van der Waals surface area contributed by atoms with Gasteiger partial charge in [-0.2, -0.15) is 0 Å². The molecule has 1 aliphatic heterocycles. The lowest BCUT2D eigenvalue weighted by Crippen LogP contribution is -2.51. The molecule has 1 atom stereocenters. The van der Waals surface area contributed by atoms with Crippen molar-refractivity contribution in [1.29, 1.82) is 0 Å². The van der Waals surface area contributed by atoms with Crippen LogP contribution in [0.1, 0.15) is 27.2 Å². The van der Waals surface area contributed by atoms with E-state index in [0.29, 0.717) is 6.54 Å². The van der Waals surface area contributed by atoms with Crippen LogP contribution in [0.2, 0.25) is 0 Å². The third-order valence-corrected chi connectivity index (χ3v) is 2.20. The van der Waals surface area contributed by atoms with Crippen LogP contribution in [-0.4, -0.2) is 46.3 Å². The van der Waals surface area contributed by atoms with Gasteiger partial charge in [0, 0.05) is 6.54 Å². The van der Waals surface area contributed by atoms with Crippen molar-refractivity contribution in [2.24, 2.45) is 0 Å². The Kier molecular flexibility index (Phi) is 3.99. The topological polar surface area (TPSA) is 70.0 Å². The van der Waals surface area contributed by atoms with Gasteiger partial charge in [-0.1, -0.05) is 12.1 Å². The molecule has 0 aromatic rings. The maximum absolute atomic E-state index is 11.6. The number of amides is 1. The first kappa shape index (κ1) is 13.1. The summed E-state index contributed by atoms with van der Waals surface area (Å²) in [5.74, 6) is 1.25. The molecule has 0 aromatic heterocycles. The smallest absolute Gasteiger partial charge is 0.444 e. The minimum absolute atomic E-state index is 0.0864. The van der Waals surface area contributed by atoms with E-state index in [1.807, 2.05) is 20.8 Å². The Bertz CT molecular complexity index is 285. The van der Waals surface area contributed by atoms with Gasteiger partial charge in [-0.05, 0) is 27.2 Å². The summed E-state index contributed by atoms with van der Waals surface area (Å²) < 4.78 is 5.21. The SMILES string of the molecule is CC(C)(C)OC(=O)N1CCC1/C=C/B(O)O. The van der Waals surface area contributed by atoms with Crippen molar-refractivity contribution < 1.29 is 19.6 Å². The molecule has 1 aliphatic rings. The third-order valence-electron chi connectivity index (χ3n) is 2.20. The van der Waals surface area contributed by atoms with Crippen LogP contribution in [0.5, 0.6) is 0 Å².